The normalized spacial score (nSPS) is 15.2. The highest BCUT2D eigenvalue weighted by Gasteiger charge is 2.31. The molecular formula is C21H24ClN3O4S. The van der Waals surface area contributed by atoms with Crippen LogP contribution in [-0.4, -0.2) is 39.1 Å². The lowest BCUT2D eigenvalue weighted by atomic mass is 10.1. The summed E-state index contributed by atoms with van der Waals surface area (Å²) in [5.74, 6) is -0.365. The zero-order chi connectivity index (χ0) is 21.9. The van der Waals surface area contributed by atoms with Crippen molar-refractivity contribution in [3.63, 3.8) is 0 Å². The lowest BCUT2D eigenvalue weighted by Gasteiger charge is -2.30. The topological polar surface area (TPSA) is 86.8 Å². The predicted molar refractivity (Wildman–Crippen MR) is 120 cm³/mol. The molecule has 1 aliphatic heterocycles. The Kier molecular flexibility index (Phi) is 6.67. The van der Waals surface area contributed by atoms with Gasteiger partial charge in [0.2, 0.25) is 21.8 Å². The van der Waals surface area contributed by atoms with E-state index in [1.165, 1.54) is 6.07 Å². The monoisotopic (exact) mass is 449 g/mol. The summed E-state index contributed by atoms with van der Waals surface area (Å²) >= 11 is 6.03. The number of amides is 2. The van der Waals surface area contributed by atoms with Crippen LogP contribution in [0.25, 0.3) is 0 Å². The second kappa shape index (κ2) is 9.06. The van der Waals surface area contributed by atoms with Crippen LogP contribution in [0.2, 0.25) is 5.02 Å². The number of hydrogen-bond acceptors (Lipinski definition) is 4. The second-order valence-corrected chi connectivity index (χ2v) is 9.44. The fourth-order valence-electron chi connectivity index (χ4n) is 3.54. The summed E-state index contributed by atoms with van der Waals surface area (Å²) in [6, 6.07) is 12.4. The Labute approximate surface area is 181 Å². The molecule has 0 saturated carbocycles. The molecule has 0 bridgehead atoms. The van der Waals surface area contributed by atoms with Crippen LogP contribution in [0.3, 0.4) is 0 Å². The Balaban J connectivity index is 1.81. The van der Waals surface area contributed by atoms with Crippen molar-refractivity contribution >= 4 is 50.5 Å². The van der Waals surface area contributed by atoms with Gasteiger partial charge in [0.15, 0.2) is 0 Å². The molecule has 1 saturated heterocycles. The highest BCUT2D eigenvalue weighted by molar-refractivity contribution is 7.92. The SMILES string of the molecule is CC[C@H](C(=O)Nc1ccc(N2CCCC2=O)cc1)N(c1cccc(Cl)c1)S(C)(=O)=O. The van der Waals surface area contributed by atoms with E-state index in [0.717, 1.165) is 22.7 Å². The molecule has 30 heavy (non-hydrogen) atoms. The fourth-order valence-corrected chi connectivity index (χ4v) is 4.93. The summed E-state index contributed by atoms with van der Waals surface area (Å²) in [4.78, 5) is 26.6. The number of hydrogen-bond donors (Lipinski definition) is 1. The van der Waals surface area contributed by atoms with Gasteiger partial charge >= 0.3 is 0 Å². The van der Waals surface area contributed by atoms with Gasteiger partial charge in [0.05, 0.1) is 11.9 Å². The number of carbonyl (C=O) groups excluding carboxylic acids is 2. The Hall–Kier alpha value is -2.58. The minimum absolute atomic E-state index is 0.0862. The molecule has 1 aliphatic rings. The first-order valence-corrected chi connectivity index (χ1v) is 11.9. The van der Waals surface area contributed by atoms with Crippen molar-refractivity contribution in [1.29, 1.82) is 0 Å². The maximum atomic E-state index is 13.0. The van der Waals surface area contributed by atoms with Gasteiger partial charge in [-0.2, -0.15) is 0 Å². The van der Waals surface area contributed by atoms with Crippen LogP contribution >= 0.6 is 11.6 Å². The third-order valence-electron chi connectivity index (χ3n) is 4.91. The van der Waals surface area contributed by atoms with Gasteiger partial charge in [0.25, 0.3) is 0 Å². The quantitative estimate of drug-likeness (QED) is 0.698. The van der Waals surface area contributed by atoms with Crippen molar-refractivity contribution in [2.24, 2.45) is 0 Å². The largest absolute Gasteiger partial charge is 0.324 e. The van der Waals surface area contributed by atoms with Crippen LogP contribution in [0.15, 0.2) is 48.5 Å². The molecule has 0 radical (unpaired) electrons. The smallest absolute Gasteiger partial charge is 0.248 e. The first kappa shape index (κ1) is 22.1. The molecule has 0 aliphatic carbocycles. The molecule has 0 aromatic heterocycles. The van der Waals surface area contributed by atoms with E-state index in [1.54, 1.807) is 54.3 Å². The van der Waals surface area contributed by atoms with E-state index < -0.39 is 22.0 Å². The molecule has 1 N–H and O–H groups in total. The summed E-state index contributed by atoms with van der Waals surface area (Å²) in [5, 5.41) is 3.16. The lowest BCUT2D eigenvalue weighted by Crippen LogP contribution is -2.47. The van der Waals surface area contributed by atoms with Crippen LogP contribution in [-0.2, 0) is 19.6 Å². The Bertz CT molecular complexity index is 1040. The molecule has 0 spiro atoms. The van der Waals surface area contributed by atoms with Crippen molar-refractivity contribution in [2.75, 3.05) is 27.3 Å². The van der Waals surface area contributed by atoms with Gasteiger partial charge in [-0.1, -0.05) is 24.6 Å². The van der Waals surface area contributed by atoms with Crippen LogP contribution in [0.5, 0.6) is 0 Å². The van der Waals surface area contributed by atoms with E-state index in [0.29, 0.717) is 29.4 Å². The van der Waals surface area contributed by atoms with E-state index >= 15 is 0 Å². The number of nitrogens with zero attached hydrogens (tertiary/aromatic N) is 2. The Morgan fingerprint density at radius 3 is 2.47 bits per heavy atom. The molecule has 0 unspecified atom stereocenters. The van der Waals surface area contributed by atoms with Gasteiger partial charge in [-0.15, -0.1) is 0 Å². The lowest BCUT2D eigenvalue weighted by molar-refractivity contribution is -0.118. The van der Waals surface area contributed by atoms with Crippen molar-refractivity contribution in [3.05, 3.63) is 53.6 Å². The van der Waals surface area contributed by atoms with Gasteiger partial charge in [-0.3, -0.25) is 13.9 Å². The van der Waals surface area contributed by atoms with Gasteiger partial charge in [0.1, 0.15) is 6.04 Å². The molecule has 2 amide bonds. The van der Waals surface area contributed by atoms with Gasteiger partial charge in [-0.25, -0.2) is 8.42 Å². The molecule has 9 heteroatoms. The number of benzene rings is 2. The molecule has 1 fully saturated rings. The number of carbonyl (C=O) groups is 2. The molecule has 3 rings (SSSR count). The van der Waals surface area contributed by atoms with Crippen molar-refractivity contribution in [2.45, 2.75) is 32.2 Å². The van der Waals surface area contributed by atoms with Crippen molar-refractivity contribution in [3.8, 4) is 0 Å². The molecule has 160 valence electrons. The minimum atomic E-state index is -3.74. The second-order valence-electron chi connectivity index (χ2n) is 7.15. The molecule has 7 nitrogen and oxygen atoms in total. The zero-order valence-corrected chi connectivity index (χ0v) is 18.4. The number of nitrogens with one attached hydrogen (secondary N) is 1. The number of sulfonamides is 1. The summed E-state index contributed by atoms with van der Waals surface area (Å²) in [6.45, 7) is 2.43. The van der Waals surface area contributed by atoms with E-state index in [4.69, 9.17) is 11.6 Å². The highest BCUT2D eigenvalue weighted by Crippen LogP contribution is 2.27. The fraction of sp³-hybridized carbons (Fsp3) is 0.333. The molecule has 1 atom stereocenters. The Morgan fingerprint density at radius 1 is 1.23 bits per heavy atom. The summed E-state index contributed by atoms with van der Waals surface area (Å²) in [7, 11) is -3.74. The summed E-state index contributed by atoms with van der Waals surface area (Å²) in [6.07, 6.45) is 2.71. The summed E-state index contributed by atoms with van der Waals surface area (Å²) in [5.41, 5.74) is 1.63. The molecule has 2 aromatic carbocycles. The van der Waals surface area contributed by atoms with Crippen molar-refractivity contribution < 1.29 is 18.0 Å². The standard InChI is InChI=1S/C21H24ClN3O4S/c1-3-19(25(30(2,28)29)18-7-4-6-15(22)14-18)21(27)23-16-9-11-17(12-10-16)24-13-5-8-20(24)26/h4,6-7,9-12,14,19H,3,5,8,13H2,1-2H3,(H,23,27)/t19-/m1/s1. The molecular weight excluding hydrogens is 426 g/mol. The van der Waals surface area contributed by atoms with Crippen LogP contribution in [0.1, 0.15) is 26.2 Å². The van der Waals surface area contributed by atoms with Gasteiger partial charge in [-0.05, 0) is 55.3 Å². The van der Waals surface area contributed by atoms with Gasteiger partial charge < -0.3 is 10.2 Å². The number of anilines is 3. The summed E-state index contributed by atoms with van der Waals surface area (Å²) < 4.78 is 26.1. The molecule has 2 aromatic rings. The minimum Gasteiger partial charge on any atom is -0.324 e. The van der Waals surface area contributed by atoms with Crippen molar-refractivity contribution in [1.82, 2.24) is 0 Å². The number of rotatable bonds is 7. The van der Waals surface area contributed by atoms with Gasteiger partial charge in [0, 0.05) is 29.4 Å². The number of halogens is 1. The highest BCUT2D eigenvalue weighted by atomic mass is 35.5. The van der Waals surface area contributed by atoms with Crippen LogP contribution < -0.4 is 14.5 Å². The molecule has 1 heterocycles. The zero-order valence-electron chi connectivity index (χ0n) is 16.8. The van der Waals surface area contributed by atoms with E-state index in [9.17, 15) is 18.0 Å². The van der Waals surface area contributed by atoms with E-state index in [1.807, 2.05) is 0 Å². The van der Waals surface area contributed by atoms with Crippen LogP contribution in [0, 0.1) is 0 Å². The predicted octanol–water partition coefficient (Wildman–Crippen LogP) is 3.65. The average molecular weight is 450 g/mol. The van der Waals surface area contributed by atoms with E-state index in [2.05, 4.69) is 5.32 Å². The first-order valence-electron chi connectivity index (χ1n) is 9.67. The van der Waals surface area contributed by atoms with Crippen LogP contribution in [0.4, 0.5) is 17.1 Å². The maximum Gasteiger partial charge on any atom is 0.248 e. The Morgan fingerprint density at radius 2 is 1.93 bits per heavy atom. The van der Waals surface area contributed by atoms with E-state index in [-0.39, 0.29) is 12.3 Å². The third-order valence-corrected chi connectivity index (χ3v) is 6.33. The first-order chi connectivity index (χ1) is 14.2. The third kappa shape index (κ3) is 4.94. The average Bonchev–Trinajstić information content (AvgIpc) is 3.11. The maximum absolute atomic E-state index is 13.0.